The molecule has 0 bridgehead atoms. The van der Waals surface area contributed by atoms with Gasteiger partial charge in [-0.15, -0.1) is 0 Å². The smallest absolute Gasteiger partial charge is 0.262 e. The van der Waals surface area contributed by atoms with E-state index in [1.165, 1.54) is 11.8 Å². The molecule has 3 aromatic carbocycles. The van der Waals surface area contributed by atoms with Crippen LogP contribution in [0.2, 0.25) is 0 Å². The zero-order chi connectivity index (χ0) is 26.9. The second-order valence-electron chi connectivity index (χ2n) is 9.41. The maximum Gasteiger partial charge on any atom is 0.262 e. The number of aliphatic imine (C=N–C) groups is 1. The number of fused-ring (bicyclic) bond motifs is 1. The van der Waals surface area contributed by atoms with Crippen LogP contribution in [0.1, 0.15) is 35.6 Å². The van der Waals surface area contributed by atoms with Gasteiger partial charge in [0.15, 0.2) is 16.7 Å². The van der Waals surface area contributed by atoms with Crippen molar-refractivity contribution in [3.8, 4) is 17.2 Å². The van der Waals surface area contributed by atoms with Crippen LogP contribution in [0.25, 0.3) is 0 Å². The molecule has 0 spiro atoms. The normalized spacial score (nSPS) is 19.6. The van der Waals surface area contributed by atoms with Gasteiger partial charge in [0.25, 0.3) is 5.91 Å². The summed E-state index contributed by atoms with van der Waals surface area (Å²) in [6.45, 7) is 2.20. The number of nitrogens with zero attached hydrogens (tertiary/aromatic N) is 3. The Kier molecular flexibility index (Phi) is 6.70. The standard InChI is InChI=1S/C29H26N4O5S/c1-17-3-5-19(6-4-17)23-14-22(18-7-10-21(36-2)11-8-18)32-33(23)29-31-28(35)26(39-29)15-27(34)30-20-9-12-24-25(13-20)38-16-37-24/h3-13,23,26H,14-16H2,1-2H3,(H,30,34)/t23-,26+/m0/s1. The second kappa shape index (κ2) is 10.5. The van der Waals surface area contributed by atoms with Gasteiger partial charge < -0.3 is 19.5 Å². The fourth-order valence-electron chi connectivity index (χ4n) is 4.65. The molecule has 9 nitrogen and oxygen atoms in total. The number of hydrazone groups is 1. The van der Waals surface area contributed by atoms with Gasteiger partial charge in [-0.2, -0.15) is 10.1 Å². The second-order valence-corrected chi connectivity index (χ2v) is 10.6. The van der Waals surface area contributed by atoms with Crippen molar-refractivity contribution in [3.05, 3.63) is 83.4 Å². The number of amides is 2. The van der Waals surface area contributed by atoms with E-state index in [9.17, 15) is 9.59 Å². The van der Waals surface area contributed by atoms with Crippen LogP contribution in [-0.2, 0) is 9.59 Å². The SMILES string of the molecule is COc1ccc(C2=NN(C3=NC(=O)[C@@H](CC(=O)Nc4ccc5c(c4)OCO5)S3)[C@H](c3ccc(C)cc3)C2)cc1. The van der Waals surface area contributed by atoms with E-state index in [1.54, 1.807) is 25.3 Å². The van der Waals surface area contributed by atoms with Gasteiger partial charge in [-0.1, -0.05) is 41.6 Å². The number of anilines is 1. The van der Waals surface area contributed by atoms with Crippen molar-refractivity contribution < 1.29 is 23.8 Å². The van der Waals surface area contributed by atoms with Crippen molar-refractivity contribution >= 4 is 40.1 Å². The number of hydrogen-bond donors (Lipinski definition) is 1. The summed E-state index contributed by atoms with van der Waals surface area (Å²) < 4.78 is 16.0. The van der Waals surface area contributed by atoms with Crippen molar-refractivity contribution in [2.45, 2.75) is 31.1 Å². The predicted octanol–water partition coefficient (Wildman–Crippen LogP) is 4.91. The summed E-state index contributed by atoms with van der Waals surface area (Å²) in [5.74, 6) is 1.36. The average molecular weight is 543 g/mol. The maximum absolute atomic E-state index is 12.9. The fourth-order valence-corrected chi connectivity index (χ4v) is 5.71. The van der Waals surface area contributed by atoms with Crippen molar-refractivity contribution in [1.82, 2.24) is 5.01 Å². The van der Waals surface area contributed by atoms with E-state index in [0.717, 1.165) is 28.2 Å². The first-order valence-corrected chi connectivity index (χ1v) is 13.4. The molecule has 0 aliphatic carbocycles. The summed E-state index contributed by atoms with van der Waals surface area (Å²) in [5, 5.41) is 9.43. The average Bonchev–Trinajstić information content (AvgIpc) is 3.68. The van der Waals surface area contributed by atoms with Gasteiger partial charge in [0, 0.05) is 24.6 Å². The Hall–Kier alpha value is -4.31. The Morgan fingerprint density at radius 1 is 1.08 bits per heavy atom. The molecule has 3 heterocycles. The third-order valence-corrected chi connectivity index (χ3v) is 7.89. The van der Waals surface area contributed by atoms with Crippen LogP contribution in [-0.4, -0.2) is 46.9 Å². The predicted molar refractivity (Wildman–Crippen MR) is 150 cm³/mol. The highest BCUT2D eigenvalue weighted by molar-refractivity contribution is 8.15. The Labute approximate surface area is 229 Å². The summed E-state index contributed by atoms with van der Waals surface area (Å²) >= 11 is 1.27. The molecule has 0 aromatic heterocycles. The van der Waals surface area contributed by atoms with Gasteiger partial charge in [0.05, 0.1) is 18.9 Å². The van der Waals surface area contributed by atoms with Gasteiger partial charge >= 0.3 is 0 Å². The van der Waals surface area contributed by atoms with Gasteiger partial charge in [-0.25, -0.2) is 5.01 Å². The van der Waals surface area contributed by atoms with Crippen LogP contribution in [0.3, 0.4) is 0 Å². The van der Waals surface area contributed by atoms with E-state index in [2.05, 4.69) is 34.6 Å². The van der Waals surface area contributed by atoms with Crippen molar-refractivity contribution in [1.29, 1.82) is 0 Å². The summed E-state index contributed by atoms with van der Waals surface area (Å²) in [6, 6.07) is 21.1. The molecular weight excluding hydrogens is 516 g/mol. The maximum atomic E-state index is 12.9. The summed E-state index contributed by atoms with van der Waals surface area (Å²) in [6.07, 6.45) is 0.640. The highest BCUT2D eigenvalue weighted by Gasteiger charge is 2.39. The molecule has 39 heavy (non-hydrogen) atoms. The molecule has 0 saturated heterocycles. The van der Waals surface area contributed by atoms with Crippen LogP contribution >= 0.6 is 11.8 Å². The van der Waals surface area contributed by atoms with E-state index in [1.807, 2.05) is 36.2 Å². The fraction of sp³-hybridized carbons (Fsp3) is 0.241. The zero-order valence-electron chi connectivity index (χ0n) is 21.4. The number of methoxy groups -OCH3 is 1. The number of carbonyl (C=O) groups excluding carboxylic acids is 2. The largest absolute Gasteiger partial charge is 0.497 e. The summed E-state index contributed by atoms with van der Waals surface area (Å²) in [5.41, 5.74) is 4.69. The van der Waals surface area contributed by atoms with E-state index in [-0.39, 0.29) is 31.1 Å². The van der Waals surface area contributed by atoms with Gasteiger partial charge in [0.1, 0.15) is 11.0 Å². The zero-order valence-corrected chi connectivity index (χ0v) is 22.2. The van der Waals surface area contributed by atoms with Crippen LogP contribution in [0.5, 0.6) is 17.2 Å². The minimum Gasteiger partial charge on any atom is -0.497 e. The van der Waals surface area contributed by atoms with Gasteiger partial charge in [-0.3, -0.25) is 9.59 Å². The molecule has 2 amide bonds. The van der Waals surface area contributed by atoms with Crippen LogP contribution in [0.4, 0.5) is 5.69 Å². The Bertz CT molecular complexity index is 1490. The number of carbonyl (C=O) groups is 2. The summed E-state index contributed by atoms with van der Waals surface area (Å²) in [7, 11) is 1.63. The molecule has 0 unspecified atom stereocenters. The molecule has 198 valence electrons. The lowest BCUT2D eigenvalue weighted by molar-refractivity contribution is -0.121. The Morgan fingerprint density at radius 3 is 2.62 bits per heavy atom. The lowest BCUT2D eigenvalue weighted by Crippen LogP contribution is -2.25. The Morgan fingerprint density at radius 2 is 1.85 bits per heavy atom. The van der Waals surface area contributed by atoms with Crippen molar-refractivity contribution in [2.24, 2.45) is 10.1 Å². The van der Waals surface area contributed by atoms with E-state index in [4.69, 9.17) is 19.3 Å². The number of aryl methyl sites for hydroxylation is 1. The monoisotopic (exact) mass is 542 g/mol. The van der Waals surface area contributed by atoms with E-state index < -0.39 is 5.25 Å². The molecule has 0 fully saturated rings. The van der Waals surface area contributed by atoms with Gasteiger partial charge in [0.2, 0.25) is 12.7 Å². The molecule has 3 aliphatic rings. The van der Waals surface area contributed by atoms with E-state index in [0.29, 0.717) is 28.8 Å². The molecule has 3 aliphatic heterocycles. The first kappa shape index (κ1) is 25.0. The topological polar surface area (TPSA) is 102 Å². The first-order chi connectivity index (χ1) is 19.0. The third kappa shape index (κ3) is 5.20. The number of thioether (sulfide) groups is 1. The number of amidine groups is 1. The number of ether oxygens (including phenoxy) is 3. The van der Waals surface area contributed by atoms with Crippen molar-refractivity contribution in [2.75, 3.05) is 19.2 Å². The number of rotatable bonds is 6. The van der Waals surface area contributed by atoms with Crippen molar-refractivity contribution in [3.63, 3.8) is 0 Å². The Balaban J connectivity index is 1.19. The lowest BCUT2D eigenvalue weighted by atomic mass is 9.98. The van der Waals surface area contributed by atoms with Gasteiger partial charge in [-0.05, 0) is 54.4 Å². The number of benzene rings is 3. The van der Waals surface area contributed by atoms with Crippen LogP contribution in [0.15, 0.2) is 76.8 Å². The lowest BCUT2D eigenvalue weighted by Gasteiger charge is -2.23. The van der Waals surface area contributed by atoms with Crippen LogP contribution < -0.4 is 19.5 Å². The minimum atomic E-state index is -0.632. The molecule has 1 N–H and O–H groups in total. The highest BCUT2D eigenvalue weighted by atomic mass is 32.2. The molecule has 0 saturated carbocycles. The summed E-state index contributed by atoms with van der Waals surface area (Å²) in [4.78, 5) is 30.0. The molecule has 6 rings (SSSR count). The third-order valence-electron chi connectivity index (χ3n) is 6.75. The quantitative estimate of drug-likeness (QED) is 0.472. The van der Waals surface area contributed by atoms with E-state index >= 15 is 0 Å². The highest BCUT2D eigenvalue weighted by Crippen LogP contribution is 2.39. The number of nitrogens with one attached hydrogen (secondary N) is 1. The molecule has 2 atom stereocenters. The molecular formula is C29H26N4O5S. The first-order valence-electron chi connectivity index (χ1n) is 12.5. The van der Waals surface area contributed by atoms with Crippen LogP contribution in [0, 0.1) is 6.92 Å². The molecule has 3 aromatic rings. The minimum absolute atomic E-state index is 0.0109. The number of hydrogen-bond acceptors (Lipinski definition) is 8. The molecule has 0 radical (unpaired) electrons. The molecule has 10 heteroatoms.